The van der Waals surface area contributed by atoms with Gasteiger partial charge in [0.25, 0.3) is 0 Å². The van der Waals surface area contributed by atoms with Crippen molar-refractivity contribution in [1.82, 2.24) is 24.0 Å². The van der Waals surface area contributed by atoms with Crippen LogP contribution in [0.25, 0.3) is 11.2 Å². The molecule has 1 aromatic carbocycles. The lowest BCUT2D eigenvalue weighted by atomic mass is 10.1. The van der Waals surface area contributed by atoms with Gasteiger partial charge in [-0.05, 0) is 46.6 Å². The summed E-state index contributed by atoms with van der Waals surface area (Å²) in [5.74, 6) is 1.27. The number of carbonyl (C=O) groups is 1. The zero-order valence-corrected chi connectivity index (χ0v) is 23.6. The van der Waals surface area contributed by atoms with E-state index in [-0.39, 0.29) is 23.9 Å². The Kier molecular flexibility index (Phi) is 8.10. The van der Waals surface area contributed by atoms with Gasteiger partial charge in [0.2, 0.25) is 0 Å². The topological polar surface area (TPSA) is 94.7 Å². The number of rotatable bonds is 7. The van der Waals surface area contributed by atoms with E-state index in [1.807, 2.05) is 76.6 Å². The van der Waals surface area contributed by atoms with E-state index < -0.39 is 5.60 Å². The number of fused-ring (bicyclic) bond motifs is 1. The Balaban J connectivity index is 1.66. The first kappa shape index (κ1) is 27.6. The number of hydrogen-bond donors (Lipinski definition) is 0. The summed E-state index contributed by atoms with van der Waals surface area (Å²) in [4.78, 5) is 39.5. The number of aryl methyl sites for hydroxylation is 2. The summed E-state index contributed by atoms with van der Waals surface area (Å²) in [7, 11) is 1.91. The van der Waals surface area contributed by atoms with Crippen LogP contribution in [0.4, 0.5) is 10.6 Å². The molecule has 0 unspecified atom stereocenters. The molecule has 0 radical (unpaired) electrons. The Morgan fingerprint density at radius 3 is 2.42 bits per heavy atom. The molecule has 1 fully saturated rings. The normalized spacial score (nSPS) is 18.3. The highest BCUT2D eigenvalue weighted by Crippen LogP contribution is 2.30. The van der Waals surface area contributed by atoms with E-state index in [1.54, 1.807) is 9.47 Å². The smallest absolute Gasteiger partial charge is 0.410 e. The summed E-state index contributed by atoms with van der Waals surface area (Å²) in [5, 5.41) is 0. The molecule has 0 bridgehead atoms. The van der Waals surface area contributed by atoms with E-state index in [1.165, 1.54) is 0 Å². The molecule has 0 aliphatic carbocycles. The number of anilines is 1. The molecule has 3 heterocycles. The number of imidazole rings is 1. The number of nitrogens with zero attached hydrogens (tertiary/aromatic N) is 6. The monoisotopic (exact) mass is 524 g/mol. The van der Waals surface area contributed by atoms with Crippen LogP contribution in [0.1, 0.15) is 59.4 Å². The Hall–Kier alpha value is -3.40. The largest absolute Gasteiger partial charge is 0.444 e. The van der Waals surface area contributed by atoms with E-state index in [4.69, 9.17) is 14.5 Å². The molecule has 4 rings (SSSR count). The van der Waals surface area contributed by atoms with Gasteiger partial charge < -0.3 is 23.8 Å². The summed E-state index contributed by atoms with van der Waals surface area (Å²) in [6.07, 6.45) is 0.435. The molecule has 206 valence electrons. The van der Waals surface area contributed by atoms with Crippen LogP contribution in [-0.4, -0.2) is 60.9 Å². The van der Waals surface area contributed by atoms with Crippen molar-refractivity contribution in [2.75, 3.05) is 18.0 Å². The van der Waals surface area contributed by atoms with Crippen LogP contribution in [0, 0.1) is 0 Å². The lowest BCUT2D eigenvalue weighted by Gasteiger charge is -2.45. The number of carbonyl (C=O) groups excluding carboxylic acids is 1. The first-order valence-corrected chi connectivity index (χ1v) is 13.4. The standard InChI is InChI=1S/C28H40N6O4/c1-8-21-16-33(19(3)15-34(21)27(36)38-28(4,5)6)24-23-25(32(9-2)26(35)30-24)31(7)22(29-23)18-37-17-20-13-11-10-12-14-20/h10-14,19,21H,8-9,15-18H2,1-7H3/t19-,21+/m0/s1. The second-order valence-electron chi connectivity index (χ2n) is 10.9. The average molecular weight is 525 g/mol. The maximum Gasteiger partial charge on any atom is 0.410 e. The lowest BCUT2D eigenvalue weighted by molar-refractivity contribution is 0.0106. The third-order valence-electron chi connectivity index (χ3n) is 6.93. The molecular weight excluding hydrogens is 484 g/mol. The average Bonchev–Trinajstić information content (AvgIpc) is 3.19. The van der Waals surface area contributed by atoms with Gasteiger partial charge in [-0.3, -0.25) is 4.57 Å². The number of amides is 1. The van der Waals surface area contributed by atoms with Crippen LogP contribution in [0.2, 0.25) is 0 Å². The van der Waals surface area contributed by atoms with Gasteiger partial charge in [0.05, 0.1) is 12.6 Å². The van der Waals surface area contributed by atoms with Crippen LogP contribution in [-0.2, 0) is 36.3 Å². The molecule has 3 aromatic rings. The van der Waals surface area contributed by atoms with Crippen molar-refractivity contribution in [3.63, 3.8) is 0 Å². The molecule has 1 aliphatic rings. The minimum Gasteiger partial charge on any atom is -0.444 e. The maximum atomic E-state index is 13.1. The Labute approximate surface area is 224 Å². The van der Waals surface area contributed by atoms with Crippen LogP contribution in [0.15, 0.2) is 35.1 Å². The summed E-state index contributed by atoms with van der Waals surface area (Å²) >= 11 is 0. The van der Waals surface area contributed by atoms with Gasteiger partial charge in [0.15, 0.2) is 5.82 Å². The quantitative estimate of drug-likeness (QED) is 0.459. The van der Waals surface area contributed by atoms with Gasteiger partial charge in [-0.25, -0.2) is 14.6 Å². The van der Waals surface area contributed by atoms with Crippen molar-refractivity contribution in [3.8, 4) is 0 Å². The minimum absolute atomic E-state index is 0.0797. The van der Waals surface area contributed by atoms with E-state index >= 15 is 0 Å². The third kappa shape index (κ3) is 5.70. The second kappa shape index (κ2) is 11.1. The highest BCUT2D eigenvalue weighted by molar-refractivity contribution is 5.85. The highest BCUT2D eigenvalue weighted by Gasteiger charge is 2.37. The minimum atomic E-state index is -0.568. The van der Waals surface area contributed by atoms with Crippen LogP contribution < -0.4 is 10.6 Å². The molecule has 0 saturated carbocycles. The Morgan fingerprint density at radius 1 is 1.08 bits per heavy atom. The van der Waals surface area contributed by atoms with Crippen molar-refractivity contribution in [2.24, 2.45) is 7.05 Å². The fraction of sp³-hybridized carbons (Fsp3) is 0.571. The van der Waals surface area contributed by atoms with E-state index in [2.05, 4.69) is 16.8 Å². The molecule has 1 aliphatic heterocycles. The van der Waals surface area contributed by atoms with E-state index in [0.717, 1.165) is 23.5 Å². The molecule has 0 spiro atoms. The molecule has 10 heteroatoms. The van der Waals surface area contributed by atoms with Crippen molar-refractivity contribution >= 4 is 23.1 Å². The molecule has 2 aromatic heterocycles. The summed E-state index contributed by atoms with van der Waals surface area (Å²) in [6, 6.07) is 9.83. The Morgan fingerprint density at radius 2 is 1.79 bits per heavy atom. The molecular formula is C28H40N6O4. The van der Waals surface area contributed by atoms with Gasteiger partial charge in [-0.15, -0.1) is 0 Å². The zero-order chi connectivity index (χ0) is 27.6. The van der Waals surface area contributed by atoms with Gasteiger partial charge in [0.1, 0.15) is 29.2 Å². The summed E-state index contributed by atoms with van der Waals surface area (Å²) in [6.45, 7) is 13.9. The third-order valence-corrected chi connectivity index (χ3v) is 6.93. The lowest BCUT2D eigenvalue weighted by Crippen LogP contribution is -2.60. The summed E-state index contributed by atoms with van der Waals surface area (Å²) < 4.78 is 15.2. The molecule has 1 saturated heterocycles. The number of ether oxygens (including phenoxy) is 2. The maximum absolute atomic E-state index is 13.1. The number of benzene rings is 1. The first-order valence-electron chi connectivity index (χ1n) is 13.4. The van der Waals surface area contributed by atoms with E-state index in [0.29, 0.717) is 44.2 Å². The zero-order valence-electron chi connectivity index (χ0n) is 23.6. The molecule has 38 heavy (non-hydrogen) atoms. The van der Waals surface area contributed by atoms with Crippen molar-refractivity contribution in [1.29, 1.82) is 0 Å². The second-order valence-corrected chi connectivity index (χ2v) is 10.9. The van der Waals surface area contributed by atoms with Gasteiger partial charge in [-0.2, -0.15) is 4.98 Å². The predicted molar refractivity (Wildman–Crippen MR) is 147 cm³/mol. The SMILES string of the molecule is CC[C@@H]1CN(c2nc(=O)n(CC)c3c2nc(COCc2ccccc2)n3C)[C@@H](C)CN1C(=O)OC(C)(C)C. The molecule has 0 N–H and O–H groups in total. The Bertz CT molecular complexity index is 1330. The van der Waals surface area contributed by atoms with Gasteiger partial charge in [0, 0.05) is 32.7 Å². The summed E-state index contributed by atoms with van der Waals surface area (Å²) in [5.41, 5.74) is 1.59. The first-order chi connectivity index (χ1) is 18.0. The van der Waals surface area contributed by atoms with Gasteiger partial charge in [-0.1, -0.05) is 37.3 Å². The molecule has 1 amide bonds. The van der Waals surface area contributed by atoms with Crippen LogP contribution >= 0.6 is 0 Å². The predicted octanol–water partition coefficient (Wildman–Crippen LogP) is 4.09. The van der Waals surface area contributed by atoms with Crippen molar-refractivity contribution in [2.45, 2.75) is 85.4 Å². The number of hydrogen-bond acceptors (Lipinski definition) is 7. The van der Waals surface area contributed by atoms with E-state index in [9.17, 15) is 9.59 Å². The van der Waals surface area contributed by atoms with Crippen molar-refractivity contribution in [3.05, 3.63) is 52.2 Å². The highest BCUT2D eigenvalue weighted by atomic mass is 16.6. The fourth-order valence-corrected chi connectivity index (χ4v) is 4.96. The van der Waals surface area contributed by atoms with Crippen LogP contribution in [0.3, 0.4) is 0 Å². The molecule has 10 nitrogen and oxygen atoms in total. The number of aromatic nitrogens is 4. The van der Waals surface area contributed by atoms with Crippen LogP contribution in [0.5, 0.6) is 0 Å². The number of piperazine rings is 1. The van der Waals surface area contributed by atoms with Crippen molar-refractivity contribution < 1.29 is 14.3 Å². The molecule has 2 atom stereocenters. The fourth-order valence-electron chi connectivity index (χ4n) is 4.96. The van der Waals surface area contributed by atoms with Gasteiger partial charge >= 0.3 is 11.8 Å².